The molecule has 0 spiro atoms. The smallest absolute Gasteiger partial charge is 0.321 e. The van der Waals surface area contributed by atoms with Gasteiger partial charge in [0.25, 0.3) is 0 Å². The molecule has 0 saturated carbocycles. The van der Waals surface area contributed by atoms with Gasteiger partial charge in [-0.2, -0.15) is 0 Å². The number of urea groups is 1. The minimum Gasteiger partial charge on any atom is -0.324 e. The Morgan fingerprint density at radius 1 is 1.41 bits per heavy atom. The zero-order valence-corrected chi connectivity index (χ0v) is 11.5. The van der Waals surface area contributed by atoms with E-state index in [1.807, 2.05) is 29.2 Å². The molecule has 2 rings (SSSR count). The topological polar surface area (TPSA) is 32.3 Å². The Kier molecular flexibility index (Phi) is 4.05. The zero-order valence-electron chi connectivity index (χ0n) is 9.95. The summed E-state index contributed by atoms with van der Waals surface area (Å²) in [5.74, 6) is 0.611. The fourth-order valence-electron chi connectivity index (χ4n) is 2.11. The second-order valence-electron chi connectivity index (χ2n) is 4.63. The molecule has 92 valence electrons. The average molecular weight is 297 g/mol. The molecule has 1 saturated heterocycles. The van der Waals surface area contributed by atoms with Crippen LogP contribution in [0.3, 0.4) is 0 Å². The van der Waals surface area contributed by atoms with Crippen LogP contribution in [-0.4, -0.2) is 24.0 Å². The van der Waals surface area contributed by atoms with Crippen LogP contribution in [0.4, 0.5) is 10.5 Å². The largest absolute Gasteiger partial charge is 0.324 e. The summed E-state index contributed by atoms with van der Waals surface area (Å²) in [6, 6.07) is 7.66. The minimum absolute atomic E-state index is 0.0128. The predicted octanol–water partition coefficient (Wildman–Crippen LogP) is 3.71. The lowest BCUT2D eigenvalue weighted by Crippen LogP contribution is -2.41. The number of halogens is 1. The summed E-state index contributed by atoms with van der Waals surface area (Å²) >= 11 is 3.37. The van der Waals surface area contributed by atoms with Crippen molar-refractivity contribution >= 4 is 27.6 Å². The number of nitrogens with one attached hydrogen (secondary N) is 1. The number of benzene rings is 1. The van der Waals surface area contributed by atoms with E-state index < -0.39 is 0 Å². The van der Waals surface area contributed by atoms with Crippen molar-refractivity contribution in [1.29, 1.82) is 0 Å². The standard InChI is InChI=1S/C13H17BrN2O/c1-10-3-2-8-16(9-10)13(17)15-12-6-4-11(14)5-7-12/h4-7,10H,2-3,8-9H2,1H3,(H,15,17). The van der Waals surface area contributed by atoms with Crippen molar-refractivity contribution in [2.24, 2.45) is 5.92 Å². The van der Waals surface area contributed by atoms with E-state index in [0.29, 0.717) is 5.92 Å². The van der Waals surface area contributed by atoms with E-state index in [9.17, 15) is 4.79 Å². The van der Waals surface area contributed by atoms with Gasteiger partial charge in [0.1, 0.15) is 0 Å². The van der Waals surface area contributed by atoms with Gasteiger partial charge in [0.05, 0.1) is 0 Å². The highest BCUT2D eigenvalue weighted by molar-refractivity contribution is 9.10. The van der Waals surface area contributed by atoms with Crippen LogP contribution >= 0.6 is 15.9 Å². The van der Waals surface area contributed by atoms with Crippen LogP contribution in [0.2, 0.25) is 0 Å². The molecule has 17 heavy (non-hydrogen) atoms. The van der Waals surface area contributed by atoms with Crippen LogP contribution in [-0.2, 0) is 0 Å². The molecular formula is C13H17BrN2O. The van der Waals surface area contributed by atoms with E-state index in [1.165, 1.54) is 6.42 Å². The van der Waals surface area contributed by atoms with Gasteiger partial charge in [0.15, 0.2) is 0 Å². The third-order valence-electron chi connectivity index (χ3n) is 3.04. The van der Waals surface area contributed by atoms with E-state index in [1.54, 1.807) is 0 Å². The Bertz CT molecular complexity index is 391. The highest BCUT2D eigenvalue weighted by atomic mass is 79.9. The number of carbonyl (C=O) groups is 1. The van der Waals surface area contributed by atoms with Gasteiger partial charge in [0.2, 0.25) is 0 Å². The van der Waals surface area contributed by atoms with E-state index in [2.05, 4.69) is 28.2 Å². The summed E-state index contributed by atoms with van der Waals surface area (Å²) in [6.45, 7) is 3.92. The minimum atomic E-state index is 0.0128. The predicted molar refractivity (Wildman–Crippen MR) is 73.1 cm³/mol. The fourth-order valence-corrected chi connectivity index (χ4v) is 2.37. The zero-order chi connectivity index (χ0) is 12.3. The molecule has 2 amide bonds. The first-order valence-corrected chi connectivity index (χ1v) is 6.76. The van der Waals surface area contributed by atoms with Crippen molar-refractivity contribution in [1.82, 2.24) is 4.90 Å². The van der Waals surface area contributed by atoms with Crippen molar-refractivity contribution in [2.75, 3.05) is 18.4 Å². The number of rotatable bonds is 1. The number of anilines is 1. The van der Waals surface area contributed by atoms with Crippen LogP contribution in [0.5, 0.6) is 0 Å². The maximum absolute atomic E-state index is 12.0. The molecule has 0 aliphatic carbocycles. The van der Waals surface area contributed by atoms with Crippen molar-refractivity contribution in [3.05, 3.63) is 28.7 Å². The third kappa shape index (κ3) is 3.46. The number of nitrogens with zero attached hydrogens (tertiary/aromatic N) is 1. The summed E-state index contributed by atoms with van der Waals surface area (Å²) in [6.07, 6.45) is 2.33. The average Bonchev–Trinajstić information content (AvgIpc) is 2.32. The number of hydrogen-bond donors (Lipinski definition) is 1. The van der Waals surface area contributed by atoms with Crippen LogP contribution in [0, 0.1) is 5.92 Å². The van der Waals surface area contributed by atoms with Gasteiger partial charge in [-0.05, 0) is 43.0 Å². The lowest BCUT2D eigenvalue weighted by Gasteiger charge is -2.30. The van der Waals surface area contributed by atoms with E-state index >= 15 is 0 Å². The van der Waals surface area contributed by atoms with E-state index in [4.69, 9.17) is 0 Å². The maximum atomic E-state index is 12.0. The molecule has 0 aromatic heterocycles. The first kappa shape index (κ1) is 12.4. The molecule has 1 heterocycles. The van der Waals surface area contributed by atoms with Gasteiger partial charge in [0, 0.05) is 23.2 Å². The van der Waals surface area contributed by atoms with Crippen LogP contribution in [0.25, 0.3) is 0 Å². The molecule has 1 aromatic carbocycles. The van der Waals surface area contributed by atoms with Crippen molar-refractivity contribution in [2.45, 2.75) is 19.8 Å². The van der Waals surface area contributed by atoms with Gasteiger partial charge < -0.3 is 10.2 Å². The number of hydrogen-bond acceptors (Lipinski definition) is 1. The lowest BCUT2D eigenvalue weighted by atomic mass is 10.0. The Balaban J connectivity index is 1.94. The number of amides is 2. The number of carbonyl (C=O) groups excluding carboxylic acids is 1. The molecule has 1 aliphatic heterocycles. The molecule has 1 N–H and O–H groups in total. The second-order valence-corrected chi connectivity index (χ2v) is 5.55. The highest BCUT2D eigenvalue weighted by Gasteiger charge is 2.20. The molecule has 1 atom stereocenters. The molecular weight excluding hydrogens is 280 g/mol. The molecule has 0 bridgehead atoms. The number of likely N-dealkylation sites (tertiary alicyclic amines) is 1. The summed E-state index contributed by atoms with van der Waals surface area (Å²) < 4.78 is 1.02. The first-order valence-electron chi connectivity index (χ1n) is 5.96. The summed E-state index contributed by atoms with van der Waals surface area (Å²) in [4.78, 5) is 13.9. The highest BCUT2D eigenvalue weighted by Crippen LogP contribution is 2.18. The summed E-state index contributed by atoms with van der Waals surface area (Å²) in [5, 5.41) is 2.93. The van der Waals surface area contributed by atoms with Gasteiger partial charge in [-0.25, -0.2) is 4.79 Å². The van der Waals surface area contributed by atoms with E-state index in [-0.39, 0.29) is 6.03 Å². The summed E-state index contributed by atoms with van der Waals surface area (Å²) in [7, 11) is 0. The molecule has 0 radical (unpaired) electrons. The molecule has 1 aromatic rings. The van der Waals surface area contributed by atoms with Gasteiger partial charge in [-0.3, -0.25) is 0 Å². The maximum Gasteiger partial charge on any atom is 0.321 e. The van der Waals surface area contributed by atoms with Gasteiger partial charge in [-0.15, -0.1) is 0 Å². The Labute approximate surface area is 110 Å². The second kappa shape index (κ2) is 5.54. The molecule has 1 fully saturated rings. The lowest BCUT2D eigenvalue weighted by molar-refractivity contribution is 0.182. The molecule has 1 unspecified atom stereocenters. The van der Waals surface area contributed by atoms with Crippen LogP contribution in [0.15, 0.2) is 28.7 Å². The monoisotopic (exact) mass is 296 g/mol. The third-order valence-corrected chi connectivity index (χ3v) is 3.57. The van der Waals surface area contributed by atoms with Crippen LogP contribution in [0.1, 0.15) is 19.8 Å². The van der Waals surface area contributed by atoms with Crippen molar-refractivity contribution in [3.63, 3.8) is 0 Å². The normalized spacial score (nSPS) is 20.1. The fraction of sp³-hybridized carbons (Fsp3) is 0.462. The quantitative estimate of drug-likeness (QED) is 0.842. The van der Waals surface area contributed by atoms with Crippen molar-refractivity contribution < 1.29 is 4.79 Å². The molecule has 3 nitrogen and oxygen atoms in total. The summed E-state index contributed by atoms with van der Waals surface area (Å²) in [5.41, 5.74) is 0.844. The molecule has 1 aliphatic rings. The number of piperidine rings is 1. The Morgan fingerprint density at radius 3 is 2.76 bits per heavy atom. The van der Waals surface area contributed by atoms with Gasteiger partial charge >= 0.3 is 6.03 Å². The van der Waals surface area contributed by atoms with E-state index in [0.717, 1.165) is 29.7 Å². The Morgan fingerprint density at radius 2 is 2.12 bits per heavy atom. The SMILES string of the molecule is CC1CCCN(C(=O)Nc2ccc(Br)cc2)C1. The van der Waals surface area contributed by atoms with Gasteiger partial charge in [-0.1, -0.05) is 22.9 Å². The van der Waals surface area contributed by atoms with Crippen molar-refractivity contribution in [3.8, 4) is 0 Å². The van der Waals surface area contributed by atoms with Crippen LogP contribution < -0.4 is 5.32 Å². The Hall–Kier alpha value is -1.03. The molecule has 4 heteroatoms. The first-order chi connectivity index (χ1) is 8.15.